The molecule has 2 nitrogen and oxygen atoms in total. The highest BCUT2D eigenvalue weighted by atomic mass is 16.5. The minimum Gasteiger partial charge on any atom is -0.383 e. The number of hydrogen-bond acceptors (Lipinski definition) is 2. The highest BCUT2D eigenvalue weighted by Crippen LogP contribution is 2.32. The zero-order valence-corrected chi connectivity index (χ0v) is 6.18. The second kappa shape index (κ2) is 3.18. The van der Waals surface area contributed by atoms with Crippen molar-refractivity contribution < 1.29 is 4.74 Å². The topological polar surface area (TPSA) is 21.3 Å². The van der Waals surface area contributed by atoms with Gasteiger partial charge in [0.05, 0.1) is 6.61 Å². The highest BCUT2D eigenvalue weighted by molar-refractivity contribution is 4.84. The molecule has 0 unspecified atom stereocenters. The van der Waals surface area contributed by atoms with E-state index in [1.54, 1.807) is 7.11 Å². The van der Waals surface area contributed by atoms with Crippen LogP contribution in [0.2, 0.25) is 0 Å². The summed E-state index contributed by atoms with van der Waals surface area (Å²) in [5.74, 6) is 0.898. The Balaban J connectivity index is 2.12. The maximum atomic E-state index is 5.03. The summed E-state index contributed by atoms with van der Waals surface area (Å²) in [5, 5.41) is 3.24. The molecule has 1 atom stereocenters. The Morgan fingerprint density at radius 1 is 1.67 bits per heavy atom. The van der Waals surface area contributed by atoms with Crippen LogP contribution in [0, 0.1) is 5.92 Å². The zero-order valence-electron chi connectivity index (χ0n) is 6.18. The number of likely N-dealkylation sites (N-methyl/N-ethyl adjacent to an activating group) is 1. The van der Waals surface area contributed by atoms with E-state index in [4.69, 9.17) is 4.74 Å². The molecule has 0 aromatic heterocycles. The fraction of sp³-hybridized carbons (Fsp3) is 1.00. The van der Waals surface area contributed by atoms with E-state index in [1.807, 2.05) is 7.05 Å². The highest BCUT2D eigenvalue weighted by Gasteiger charge is 2.29. The molecule has 0 spiro atoms. The third-order valence-electron chi connectivity index (χ3n) is 1.91. The first-order valence-electron chi connectivity index (χ1n) is 3.54. The number of methoxy groups -OCH3 is 1. The molecular formula is C7H15NO. The molecule has 0 amide bonds. The fourth-order valence-corrected chi connectivity index (χ4v) is 1.13. The number of nitrogens with one attached hydrogen (secondary N) is 1. The number of hydrogen-bond donors (Lipinski definition) is 1. The lowest BCUT2D eigenvalue weighted by Crippen LogP contribution is -2.31. The van der Waals surface area contributed by atoms with E-state index in [-0.39, 0.29) is 0 Å². The summed E-state index contributed by atoms with van der Waals surface area (Å²) in [6.07, 6.45) is 2.77. The van der Waals surface area contributed by atoms with Crippen molar-refractivity contribution in [2.45, 2.75) is 18.9 Å². The SMILES string of the molecule is CN[C@H](COC)C1CC1. The van der Waals surface area contributed by atoms with Gasteiger partial charge in [-0.3, -0.25) is 0 Å². The summed E-state index contributed by atoms with van der Waals surface area (Å²) in [6, 6.07) is 0.606. The van der Waals surface area contributed by atoms with Crippen LogP contribution in [0.4, 0.5) is 0 Å². The maximum Gasteiger partial charge on any atom is 0.0618 e. The Hall–Kier alpha value is -0.0800. The molecule has 1 rings (SSSR count). The second-order valence-electron chi connectivity index (χ2n) is 2.69. The Labute approximate surface area is 56.6 Å². The van der Waals surface area contributed by atoms with Crippen LogP contribution in [-0.4, -0.2) is 26.8 Å². The predicted molar refractivity (Wildman–Crippen MR) is 37.4 cm³/mol. The molecule has 54 valence electrons. The van der Waals surface area contributed by atoms with Crippen molar-refractivity contribution >= 4 is 0 Å². The van der Waals surface area contributed by atoms with Gasteiger partial charge in [0.25, 0.3) is 0 Å². The van der Waals surface area contributed by atoms with E-state index in [2.05, 4.69) is 5.32 Å². The van der Waals surface area contributed by atoms with Crippen molar-refractivity contribution in [1.82, 2.24) is 5.32 Å². The molecule has 0 aromatic carbocycles. The summed E-state index contributed by atoms with van der Waals surface area (Å²) < 4.78 is 5.03. The van der Waals surface area contributed by atoms with Gasteiger partial charge in [0, 0.05) is 13.2 Å². The van der Waals surface area contributed by atoms with Crippen LogP contribution in [-0.2, 0) is 4.74 Å². The summed E-state index contributed by atoms with van der Waals surface area (Å²) in [5.41, 5.74) is 0. The molecule has 0 bridgehead atoms. The summed E-state index contributed by atoms with van der Waals surface area (Å²) in [6.45, 7) is 0.862. The van der Waals surface area contributed by atoms with Crippen molar-refractivity contribution in [2.24, 2.45) is 5.92 Å². The number of ether oxygens (including phenoxy) is 1. The van der Waals surface area contributed by atoms with Crippen molar-refractivity contribution in [3.8, 4) is 0 Å². The monoisotopic (exact) mass is 129 g/mol. The molecule has 0 radical (unpaired) electrons. The van der Waals surface area contributed by atoms with Gasteiger partial charge in [-0.25, -0.2) is 0 Å². The summed E-state index contributed by atoms with van der Waals surface area (Å²) >= 11 is 0. The molecule has 0 aliphatic heterocycles. The average Bonchev–Trinajstić information content (AvgIpc) is 2.64. The lowest BCUT2D eigenvalue weighted by Gasteiger charge is -2.12. The third kappa shape index (κ3) is 1.95. The molecule has 1 N–H and O–H groups in total. The van der Waals surface area contributed by atoms with Crippen LogP contribution >= 0.6 is 0 Å². The van der Waals surface area contributed by atoms with Gasteiger partial charge in [-0.15, -0.1) is 0 Å². The van der Waals surface area contributed by atoms with Crippen LogP contribution in [0.15, 0.2) is 0 Å². The Bertz CT molecular complexity index is 81.0. The molecule has 0 heterocycles. The van der Waals surface area contributed by atoms with E-state index in [0.29, 0.717) is 6.04 Å². The van der Waals surface area contributed by atoms with Crippen molar-refractivity contribution in [3.63, 3.8) is 0 Å². The van der Waals surface area contributed by atoms with E-state index >= 15 is 0 Å². The largest absolute Gasteiger partial charge is 0.383 e. The Morgan fingerprint density at radius 2 is 2.33 bits per heavy atom. The first-order chi connectivity index (χ1) is 4.38. The standard InChI is InChI=1S/C7H15NO/c1-8-7(5-9-2)6-3-4-6/h6-8H,3-5H2,1-2H3/t7-/m1/s1. The van der Waals surface area contributed by atoms with Gasteiger partial charge < -0.3 is 10.1 Å². The molecular weight excluding hydrogens is 114 g/mol. The van der Waals surface area contributed by atoms with Gasteiger partial charge in [-0.2, -0.15) is 0 Å². The van der Waals surface area contributed by atoms with Crippen molar-refractivity contribution in [3.05, 3.63) is 0 Å². The molecule has 0 saturated heterocycles. The predicted octanol–water partition coefficient (Wildman–Crippen LogP) is 0.631. The third-order valence-corrected chi connectivity index (χ3v) is 1.91. The Kier molecular flexibility index (Phi) is 2.49. The van der Waals surface area contributed by atoms with Gasteiger partial charge in [0.15, 0.2) is 0 Å². The maximum absolute atomic E-state index is 5.03. The van der Waals surface area contributed by atoms with Gasteiger partial charge >= 0.3 is 0 Å². The van der Waals surface area contributed by atoms with Crippen molar-refractivity contribution in [2.75, 3.05) is 20.8 Å². The summed E-state index contributed by atoms with van der Waals surface area (Å²) in [4.78, 5) is 0. The van der Waals surface area contributed by atoms with Crippen LogP contribution in [0.5, 0.6) is 0 Å². The lowest BCUT2D eigenvalue weighted by atomic mass is 10.2. The van der Waals surface area contributed by atoms with E-state index in [1.165, 1.54) is 12.8 Å². The summed E-state index contributed by atoms with van der Waals surface area (Å²) in [7, 11) is 3.76. The molecule has 9 heavy (non-hydrogen) atoms. The van der Waals surface area contributed by atoms with Crippen LogP contribution in [0.25, 0.3) is 0 Å². The molecule has 1 aliphatic rings. The molecule has 1 saturated carbocycles. The fourth-order valence-electron chi connectivity index (χ4n) is 1.13. The van der Waals surface area contributed by atoms with Gasteiger partial charge in [-0.1, -0.05) is 0 Å². The van der Waals surface area contributed by atoms with E-state index in [0.717, 1.165) is 12.5 Å². The molecule has 0 aromatic rings. The lowest BCUT2D eigenvalue weighted by molar-refractivity contribution is 0.161. The first-order valence-corrected chi connectivity index (χ1v) is 3.54. The van der Waals surface area contributed by atoms with Gasteiger partial charge in [-0.05, 0) is 25.8 Å². The number of rotatable bonds is 4. The van der Waals surface area contributed by atoms with Gasteiger partial charge in [0.1, 0.15) is 0 Å². The van der Waals surface area contributed by atoms with Gasteiger partial charge in [0.2, 0.25) is 0 Å². The minimum absolute atomic E-state index is 0.606. The van der Waals surface area contributed by atoms with Crippen LogP contribution in [0.1, 0.15) is 12.8 Å². The normalized spacial score (nSPS) is 22.0. The minimum atomic E-state index is 0.606. The average molecular weight is 129 g/mol. The molecule has 1 aliphatic carbocycles. The first kappa shape index (κ1) is 7.03. The van der Waals surface area contributed by atoms with Crippen LogP contribution in [0.3, 0.4) is 0 Å². The smallest absolute Gasteiger partial charge is 0.0618 e. The van der Waals surface area contributed by atoms with E-state index < -0.39 is 0 Å². The quantitative estimate of drug-likeness (QED) is 0.601. The molecule has 1 fully saturated rings. The molecule has 2 heteroatoms. The second-order valence-corrected chi connectivity index (χ2v) is 2.69. The van der Waals surface area contributed by atoms with E-state index in [9.17, 15) is 0 Å². The van der Waals surface area contributed by atoms with Crippen molar-refractivity contribution in [1.29, 1.82) is 0 Å². The Morgan fingerprint density at radius 3 is 2.67 bits per heavy atom. The van der Waals surface area contributed by atoms with Crippen LogP contribution < -0.4 is 5.32 Å². The zero-order chi connectivity index (χ0) is 6.69.